The molecule has 0 fully saturated rings. The van der Waals surface area contributed by atoms with E-state index < -0.39 is 0 Å². The molecular formula is C13H18O3. The molecule has 0 aliphatic rings. The van der Waals surface area contributed by atoms with Crippen molar-refractivity contribution in [1.82, 2.24) is 0 Å². The fourth-order valence-corrected chi connectivity index (χ4v) is 1.45. The third kappa shape index (κ3) is 2.99. The first kappa shape index (κ1) is 12.6. The zero-order chi connectivity index (χ0) is 12.0. The number of carbonyl (C=O) groups excluding carboxylic acids is 1. The molecule has 0 aliphatic heterocycles. The van der Waals surface area contributed by atoms with Crippen LogP contribution in [0.25, 0.3) is 0 Å². The zero-order valence-corrected chi connectivity index (χ0v) is 10.1. The minimum Gasteiger partial charge on any atom is -0.494 e. The largest absolute Gasteiger partial charge is 0.494 e. The molecule has 3 nitrogen and oxygen atoms in total. The Morgan fingerprint density at radius 1 is 1.12 bits per heavy atom. The van der Waals surface area contributed by atoms with Crippen LogP contribution in [0.3, 0.4) is 0 Å². The molecule has 0 radical (unpaired) electrons. The lowest BCUT2D eigenvalue weighted by atomic mass is 10.1. The summed E-state index contributed by atoms with van der Waals surface area (Å²) in [7, 11) is 0. The van der Waals surface area contributed by atoms with Gasteiger partial charge in [-0.1, -0.05) is 6.92 Å². The van der Waals surface area contributed by atoms with E-state index in [2.05, 4.69) is 0 Å². The van der Waals surface area contributed by atoms with Gasteiger partial charge in [0.25, 0.3) is 0 Å². The Labute approximate surface area is 96.4 Å². The first-order chi connectivity index (χ1) is 7.72. The number of hydrogen-bond acceptors (Lipinski definition) is 3. The fraction of sp³-hybridized carbons (Fsp3) is 0.462. The SMILES string of the molecule is CCOc1ccc(C(=O)CC)c(OCC)c1. The van der Waals surface area contributed by atoms with E-state index >= 15 is 0 Å². The lowest BCUT2D eigenvalue weighted by molar-refractivity contribution is 0.0984. The van der Waals surface area contributed by atoms with E-state index in [1.54, 1.807) is 18.2 Å². The highest BCUT2D eigenvalue weighted by atomic mass is 16.5. The van der Waals surface area contributed by atoms with Crippen molar-refractivity contribution in [2.45, 2.75) is 27.2 Å². The van der Waals surface area contributed by atoms with Gasteiger partial charge in [-0.2, -0.15) is 0 Å². The van der Waals surface area contributed by atoms with Crippen LogP contribution in [0.5, 0.6) is 11.5 Å². The Morgan fingerprint density at radius 2 is 1.81 bits per heavy atom. The summed E-state index contributed by atoms with van der Waals surface area (Å²) in [5, 5.41) is 0. The molecule has 0 N–H and O–H groups in total. The summed E-state index contributed by atoms with van der Waals surface area (Å²) in [4.78, 5) is 11.7. The number of ketones is 1. The Balaban J connectivity index is 3.03. The van der Waals surface area contributed by atoms with Crippen molar-refractivity contribution >= 4 is 5.78 Å². The Kier molecular flexibility index (Phi) is 4.83. The average molecular weight is 222 g/mol. The molecule has 0 spiro atoms. The first-order valence-corrected chi connectivity index (χ1v) is 5.65. The van der Waals surface area contributed by atoms with Crippen LogP contribution < -0.4 is 9.47 Å². The maximum absolute atomic E-state index is 11.7. The Hall–Kier alpha value is -1.51. The van der Waals surface area contributed by atoms with Crippen LogP contribution in [0.4, 0.5) is 0 Å². The highest BCUT2D eigenvalue weighted by Gasteiger charge is 2.11. The second kappa shape index (κ2) is 6.16. The maximum Gasteiger partial charge on any atom is 0.166 e. The van der Waals surface area contributed by atoms with Gasteiger partial charge in [-0.05, 0) is 26.0 Å². The van der Waals surface area contributed by atoms with Gasteiger partial charge in [-0.25, -0.2) is 0 Å². The van der Waals surface area contributed by atoms with Gasteiger partial charge < -0.3 is 9.47 Å². The van der Waals surface area contributed by atoms with Gasteiger partial charge >= 0.3 is 0 Å². The summed E-state index contributed by atoms with van der Waals surface area (Å²) in [6, 6.07) is 5.34. The van der Waals surface area contributed by atoms with Crippen LogP contribution in [0, 0.1) is 0 Å². The number of Topliss-reactive ketones (excluding diaryl/α,β-unsaturated/α-hetero) is 1. The molecule has 0 bridgehead atoms. The molecule has 0 saturated heterocycles. The molecule has 0 amide bonds. The van der Waals surface area contributed by atoms with Gasteiger partial charge in [-0.15, -0.1) is 0 Å². The highest BCUT2D eigenvalue weighted by Crippen LogP contribution is 2.26. The van der Waals surface area contributed by atoms with E-state index in [1.165, 1.54) is 0 Å². The maximum atomic E-state index is 11.7. The highest BCUT2D eigenvalue weighted by molar-refractivity contribution is 5.98. The second-order valence-corrected chi connectivity index (χ2v) is 3.30. The van der Waals surface area contributed by atoms with E-state index in [9.17, 15) is 4.79 Å². The van der Waals surface area contributed by atoms with Crippen molar-refractivity contribution < 1.29 is 14.3 Å². The molecule has 16 heavy (non-hydrogen) atoms. The van der Waals surface area contributed by atoms with Crippen molar-refractivity contribution in [2.75, 3.05) is 13.2 Å². The Morgan fingerprint density at radius 3 is 2.38 bits per heavy atom. The fourth-order valence-electron chi connectivity index (χ4n) is 1.45. The summed E-state index contributed by atoms with van der Waals surface area (Å²) >= 11 is 0. The van der Waals surface area contributed by atoms with E-state index in [0.29, 0.717) is 30.9 Å². The quantitative estimate of drug-likeness (QED) is 0.694. The number of benzene rings is 1. The number of ether oxygens (including phenoxy) is 2. The molecule has 0 atom stereocenters. The first-order valence-electron chi connectivity index (χ1n) is 5.65. The minimum atomic E-state index is 0.0894. The predicted molar refractivity (Wildman–Crippen MR) is 63.4 cm³/mol. The summed E-state index contributed by atoms with van der Waals surface area (Å²) in [5.74, 6) is 1.44. The normalized spacial score (nSPS) is 9.94. The van der Waals surface area contributed by atoms with Crippen molar-refractivity contribution in [1.29, 1.82) is 0 Å². The van der Waals surface area contributed by atoms with Crippen LogP contribution in [0.2, 0.25) is 0 Å². The predicted octanol–water partition coefficient (Wildman–Crippen LogP) is 3.08. The minimum absolute atomic E-state index is 0.0894. The van der Waals surface area contributed by atoms with Crippen LogP contribution in [-0.4, -0.2) is 19.0 Å². The van der Waals surface area contributed by atoms with Crippen molar-refractivity contribution in [3.63, 3.8) is 0 Å². The van der Waals surface area contributed by atoms with Gasteiger partial charge in [0.2, 0.25) is 0 Å². The molecule has 0 aliphatic carbocycles. The molecule has 1 rings (SSSR count). The smallest absolute Gasteiger partial charge is 0.166 e. The van der Waals surface area contributed by atoms with Crippen molar-refractivity contribution in [2.24, 2.45) is 0 Å². The summed E-state index contributed by atoms with van der Waals surface area (Å²) in [6.07, 6.45) is 0.480. The summed E-state index contributed by atoms with van der Waals surface area (Å²) < 4.78 is 10.8. The Bertz CT molecular complexity index is 358. The second-order valence-electron chi connectivity index (χ2n) is 3.30. The zero-order valence-electron chi connectivity index (χ0n) is 10.1. The topological polar surface area (TPSA) is 35.5 Å². The standard InChI is InChI=1S/C13H18O3/c1-4-12(14)11-8-7-10(15-5-2)9-13(11)16-6-3/h7-9H,4-6H2,1-3H3. The van der Waals surface area contributed by atoms with E-state index in [4.69, 9.17) is 9.47 Å². The molecule has 0 unspecified atom stereocenters. The molecular weight excluding hydrogens is 204 g/mol. The molecule has 1 aromatic carbocycles. The molecule has 3 heteroatoms. The van der Waals surface area contributed by atoms with Crippen LogP contribution in [0.1, 0.15) is 37.6 Å². The van der Waals surface area contributed by atoms with Crippen LogP contribution >= 0.6 is 0 Å². The van der Waals surface area contributed by atoms with E-state index in [0.717, 1.165) is 5.75 Å². The molecule has 1 aromatic rings. The number of carbonyl (C=O) groups is 1. The molecule has 0 aromatic heterocycles. The number of rotatable bonds is 6. The summed E-state index contributed by atoms with van der Waals surface area (Å²) in [5.41, 5.74) is 0.632. The van der Waals surface area contributed by atoms with Gasteiger partial charge in [0.1, 0.15) is 11.5 Å². The van der Waals surface area contributed by atoms with E-state index in [-0.39, 0.29) is 5.78 Å². The van der Waals surface area contributed by atoms with Gasteiger partial charge in [0.15, 0.2) is 5.78 Å². The van der Waals surface area contributed by atoms with Crippen molar-refractivity contribution in [3.05, 3.63) is 23.8 Å². The molecule has 88 valence electrons. The number of hydrogen-bond donors (Lipinski definition) is 0. The van der Waals surface area contributed by atoms with E-state index in [1.807, 2.05) is 20.8 Å². The van der Waals surface area contributed by atoms with Gasteiger partial charge in [-0.3, -0.25) is 4.79 Å². The van der Waals surface area contributed by atoms with Gasteiger partial charge in [0.05, 0.1) is 18.8 Å². The molecule has 0 heterocycles. The third-order valence-corrected chi connectivity index (χ3v) is 2.19. The summed E-state index contributed by atoms with van der Waals surface area (Å²) in [6.45, 7) is 6.81. The van der Waals surface area contributed by atoms with Crippen LogP contribution in [-0.2, 0) is 0 Å². The monoisotopic (exact) mass is 222 g/mol. The molecule has 0 saturated carbocycles. The average Bonchev–Trinajstić information content (AvgIpc) is 2.29. The van der Waals surface area contributed by atoms with Gasteiger partial charge in [0, 0.05) is 12.5 Å². The van der Waals surface area contributed by atoms with Crippen molar-refractivity contribution in [3.8, 4) is 11.5 Å². The lowest BCUT2D eigenvalue weighted by Crippen LogP contribution is -2.03. The van der Waals surface area contributed by atoms with Crippen LogP contribution in [0.15, 0.2) is 18.2 Å². The third-order valence-electron chi connectivity index (χ3n) is 2.19. The lowest BCUT2D eigenvalue weighted by Gasteiger charge is -2.11.